The minimum Gasteiger partial charge on any atom is -0.489 e. The molecular weight excluding hydrogens is 398 g/mol. The van der Waals surface area contributed by atoms with Gasteiger partial charge in [-0.15, -0.1) is 10.2 Å². The van der Waals surface area contributed by atoms with Crippen molar-refractivity contribution in [2.24, 2.45) is 0 Å². The van der Waals surface area contributed by atoms with Gasteiger partial charge in [-0.25, -0.2) is 0 Å². The lowest BCUT2D eigenvalue weighted by atomic mass is 10.2. The van der Waals surface area contributed by atoms with Gasteiger partial charge in [-0.1, -0.05) is 0 Å². The third kappa shape index (κ3) is 4.50. The van der Waals surface area contributed by atoms with E-state index in [1.165, 1.54) is 0 Å². The molecule has 0 amide bonds. The Balaban J connectivity index is 1.19. The summed E-state index contributed by atoms with van der Waals surface area (Å²) in [7, 11) is 0. The first-order chi connectivity index (χ1) is 15.2. The number of aromatic nitrogens is 5. The molecule has 0 aliphatic carbocycles. The molecule has 0 radical (unpaired) electrons. The van der Waals surface area contributed by atoms with E-state index in [1.54, 1.807) is 6.20 Å². The van der Waals surface area contributed by atoms with Crippen molar-refractivity contribution >= 4 is 22.5 Å². The average Bonchev–Trinajstić information content (AvgIpc) is 3.48. The fourth-order valence-corrected chi connectivity index (χ4v) is 3.47. The van der Waals surface area contributed by atoms with Gasteiger partial charge >= 0.3 is 0 Å². The summed E-state index contributed by atoms with van der Waals surface area (Å²) in [6.07, 6.45) is 1.13. The second kappa shape index (κ2) is 8.72. The normalized spacial score (nSPS) is 15.8. The van der Waals surface area contributed by atoms with Crippen LogP contribution < -0.4 is 10.1 Å². The monoisotopic (exact) mass is 421 g/mol. The van der Waals surface area contributed by atoms with Crippen molar-refractivity contribution in [3.8, 4) is 17.1 Å². The number of benzene rings is 2. The van der Waals surface area contributed by atoms with Crippen LogP contribution in [0.25, 0.3) is 22.3 Å². The van der Waals surface area contributed by atoms with Gasteiger partial charge in [0.1, 0.15) is 18.6 Å². The van der Waals surface area contributed by atoms with Gasteiger partial charge in [-0.3, -0.25) is 10.00 Å². The summed E-state index contributed by atoms with van der Waals surface area (Å²) < 4.78 is 11.0. The minimum atomic E-state index is -0.646. The van der Waals surface area contributed by atoms with E-state index in [2.05, 4.69) is 30.7 Å². The van der Waals surface area contributed by atoms with E-state index in [0.717, 1.165) is 22.2 Å². The zero-order valence-corrected chi connectivity index (χ0v) is 16.8. The van der Waals surface area contributed by atoms with Gasteiger partial charge in [0.25, 0.3) is 0 Å². The van der Waals surface area contributed by atoms with Crippen LogP contribution >= 0.6 is 0 Å². The van der Waals surface area contributed by atoms with Crippen LogP contribution in [0.15, 0.2) is 48.7 Å². The molecule has 1 unspecified atom stereocenters. The predicted octanol–water partition coefficient (Wildman–Crippen LogP) is 2.12. The minimum absolute atomic E-state index is 0.205. The molecule has 10 nitrogen and oxygen atoms in total. The molecule has 1 aliphatic heterocycles. The third-order valence-electron chi connectivity index (χ3n) is 5.18. The number of anilines is 2. The Morgan fingerprint density at radius 2 is 1.97 bits per heavy atom. The Morgan fingerprint density at radius 1 is 1.13 bits per heavy atom. The van der Waals surface area contributed by atoms with Crippen molar-refractivity contribution in [3.05, 3.63) is 48.7 Å². The van der Waals surface area contributed by atoms with Crippen molar-refractivity contribution in [1.82, 2.24) is 30.3 Å². The maximum atomic E-state index is 10.2. The summed E-state index contributed by atoms with van der Waals surface area (Å²) in [4.78, 5) is 5.13. The third-order valence-corrected chi connectivity index (χ3v) is 5.18. The highest BCUT2D eigenvalue weighted by Gasteiger charge is 2.19. The standard InChI is InChI=1S/C21H23N7O3/c29-19(28-7-9-30-10-8-28)13-31-17-4-1-14(2-5-17)20-24-21(27-26-20)23-16-3-6-18-15(11-16)12-22-25-18/h1-6,11-12,19,29H,7-10,13H2,(H,22,25)(H2,23,24,26,27). The molecule has 10 heteroatoms. The molecule has 3 heterocycles. The zero-order chi connectivity index (χ0) is 21.0. The molecular formula is C21H23N7O3. The lowest BCUT2D eigenvalue weighted by Crippen LogP contribution is -2.46. The molecule has 2 aromatic heterocycles. The van der Waals surface area contributed by atoms with Crippen LogP contribution in [0, 0.1) is 0 Å². The van der Waals surface area contributed by atoms with Gasteiger partial charge in [0, 0.05) is 29.7 Å². The molecule has 1 atom stereocenters. The van der Waals surface area contributed by atoms with Gasteiger partial charge in [-0.05, 0) is 42.5 Å². The number of nitrogens with one attached hydrogen (secondary N) is 3. The molecule has 31 heavy (non-hydrogen) atoms. The van der Waals surface area contributed by atoms with Gasteiger partial charge in [0.2, 0.25) is 5.95 Å². The van der Waals surface area contributed by atoms with Crippen LogP contribution in [0.4, 0.5) is 11.6 Å². The van der Waals surface area contributed by atoms with Crippen molar-refractivity contribution in [1.29, 1.82) is 0 Å². The Bertz CT molecular complexity index is 1140. The predicted molar refractivity (Wildman–Crippen MR) is 115 cm³/mol. The lowest BCUT2D eigenvalue weighted by Gasteiger charge is -2.30. The highest BCUT2D eigenvalue weighted by Crippen LogP contribution is 2.23. The number of hydrogen-bond acceptors (Lipinski definition) is 8. The summed E-state index contributed by atoms with van der Waals surface area (Å²) >= 11 is 0. The molecule has 4 N–H and O–H groups in total. The molecule has 5 rings (SSSR count). The van der Waals surface area contributed by atoms with Crippen LogP contribution in [0.3, 0.4) is 0 Å². The number of H-pyrrole nitrogens is 2. The van der Waals surface area contributed by atoms with Crippen molar-refractivity contribution < 1.29 is 14.6 Å². The summed E-state index contributed by atoms with van der Waals surface area (Å²) in [5.41, 5.74) is 2.75. The van der Waals surface area contributed by atoms with E-state index in [-0.39, 0.29) is 6.61 Å². The average molecular weight is 421 g/mol. The number of aromatic amines is 2. The molecule has 4 aromatic rings. The molecule has 1 saturated heterocycles. The maximum absolute atomic E-state index is 10.2. The van der Waals surface area contributed by atoms with Crippen molar-refractivity contribution in [2.45, 2.75) is 6.23 Å². The Morgan fingerprint density at radius 3 is 2.81 bits per heavy atom. The summed E-state index contributed by atoms with van der Waals surface area (Å²) in [6, 6.07) is 13.4. The first kappa shape index (κ1) is 19.5. The quantitative estimate of drug-likeness (QED) is 0.358. The number of rotatable bonds is 7. The Hall–Kier alpha value is -3.47. The molecule has 0 bridgehead atoms. The molecule has 0 saturated carbocycles. The topological polar surface area (TPSA) is 124 Å². The van der Waals surface area contributed by atoms with Gasteiger partial charge < -0.3 is 24.9 Å². The summed E-state index contributed by atoms with van der Waals surface area (Å²) in [5, 5.41) is 29.8. The largest absolute Gasteiger partial charge is 0.489 e. The molecule has 0 spiro atoms. The first-order valence-electron chi connectivity index (χ1n) is 10.1. The number of aliphatic hydroxyl groups is 1. The van der Waals surface area contributed by atoms with Crippen LogP contribution in [-0.2, 0) is 4.74 Å². The SMILES string of the molecule is OC(COc1ccc(-c2nnc(Nc3ccc4[nH]ncc4c3)[nH]2)cc1)N1CCOCC1. The van der Waals surface area contributed by atoms with E-state index < -0.39 is 6.23 Å². The fourth-order valence-electron chi connectivity index (χ4n) is 3.47. The van der Waals surface area contributed by atoms with Crippen LogP contribution in [0.1, 0.15) is 0 Å². The van der Waals surface area contributed by atoms with Gasteiger partial charge in [0.15, 0.2) is 5.82 Å². The number of morpholine rings is 1. The molecule has 1 aliphatic rings. The van der Waals surface area contributed by atoms with E-state index >= 15 is 0 Å². The number of nitrogens with zero attached hydrogens (tertiary/aromatic N) is 4. The number of ether oxygens (including phenoxy) is 2. The lowest BCUT2D eigenvalue weighted by molar-refractivity contribution is -0.0752. The van der Waals surface area contributed by atoms with Crippen LogP contribution in [-0.4, -0.2) is 74.5 Å². The second-order valence-corrected chi connectivity index (χ2v) is 7.28. The smallest absolute Gasteiger partial charge is 0.226 e. The van der Waals surface area contributed by atoms with E-state index in [1.807, 2.05) is 47.4 Å². The first-order valence-corrected chi connectivity index (χ1v) is 10.1. The fraction of sp³-hybridized carbons (Fsp3) is 0.286. The molecule has 2 aromatic carbocycles. The van der Waals surface area contributed by atoms with E-state index in [0.29, 0.717) is 43.8 Å². The number of hydrogen-bond donors (Lipinski definition) is 4. The molecule has 160 valence electrons. The Labute approximate surface area is 178 Å². The van der Waals surface area contributed by atoms with E-state index in [9.17, 15) is 5.11 Å². The highest BCUT2D eigenvalue weighted by atomic mass is 16.5. The van der Waals surface area contributed by atoms with Gasteiger partial charge in [-0.2, -0.15) is 5.10 Å². The zero-order valence-electron chi connectivity index (χ0n) is 16.8. The van der Waals surface area contributed by atoms with E-state index in [4.69, 9.17) is 9.47 Å². The van der Waals surface area contributed by atoms with Crippen LogP contribution in [0.5, 0.6) is 5.75 Å². The number of fused-ring (bicyclic) bond motifs is 1. The highest BCUT2D eigenvalue weighted by molar-refractivity contribution is 5.82. The Kier molecular flexibility index (Phi) is 5.48. The van der Waals surface area contributed by atoms with Crippen molar-refractivity contribution in [3.63, 3.8) is 0 Å². The maximum Gasteiger partial charge on any atom is 0.226 e. The van der Waals surface area contributed by atoms with Crippen LogP contribution in [0.2, 0.25) is 0 Å². The number of aliphatic hydroxyl groups excluding tert-OH is 1. The summed E-state index contributed by atoms with van der Waals surface area (Å²) in [6.45, 7) is 2.90. The molecule has 1 fully saturated rings. The van der Waals surface area contributed by atoms with Gasteiger partial charge in [0.05, 0.1) is 24.9 Å². The second-order valence-electron chi connectivity index (χ2n) is 7.28. The van der Waals surface area contributed by atoms with Crippen molar-refractivity contribution in [2.75, 3.05) is 38.2 Å². The summed E-state index contributed by atoms with van der Waals surface area (Å²) in [5.74, 6) is 1.88.